The average molecular weight is 420 g/mol. The quantitative estimate of drug-likeness (QED) is 0.702. The van der Waals surface area contributed by atoms with Gasteiger partial charge in [0.25, 0.3) is 0 Å². The Hall–Kier alpha value is -2.87. The first-order valence-corrected chi connectivity index (χ1v) is 9.68. The number of morpholine rings is 1. The van der Waals surface area contributed by atoms with Crippen molar-refractivity contribution in [1.29, 1.82) is 0 Å². The maximum atomic E-state index is 13.2. The second-order valence-electron chi connectivity index (χ2n) is 7.17. The lowest BCUT2D eigenvalue weighted by atomic mass is 10.0. The summed E-state index contributed by atoms with van der Waals surface area (Å²) in [6.45, 7) is 3.85. The molecule has 1 fully saturated rings. The zero-order valence-electron chi connectivity index (χ0n) is 16.6. The Kier molecular flexibility index (Phi) is 6.77. The lowest BCUT2D eigenvalue weighted by Crippen LogP contribution is -2.36. The average Bonchev–Trinajstić information content (AvgIpc) is 2.72. The Bertz CT molecular complexity index is 905. The molecule has 3 rings (SSSR count). The summed E-state index contributed by atoms with van der Waals surface area (Å²) in [4.78, 5) is 26.5. The van der Waals surface area contributed by atoms with Crippen LogP contribution in [0.15, 0.2) is 42.5 Å². The molecule has 5 nitrogen and oxygen atoms in total. The van der Waals surface area contributed by atoms with Crippen molar-refractivity contribution in [1.82, 2.24) is 0 Å². The van der Waals surface area contributed by atoms with Crippen LogP contribution in [0.5, 0.6) is 0 Å². The standard InChI is InChI=1S/C22H23F3N2O3/c1-15-2-4-16(5-3-15)20(28)8-9-21(29)26-18-14-17(22(23,24)25)6-7-19(18)27-10-12-30-13-11-27/h2-7,14H,8-13H2,1H3,(H,26,29). The number of halogens is 3. The molecule has 8 heteroatoms. The lowest BCUT2D eigenvalue weighted by Gasteiger charge is -2.31. The van der Waals surface area contributed by atoms with Crippen LogP contribution in [0.3, 0.4) is 0 Å². The third-order valence-electron chi connectivity index (χ3n) is 4.90. The van der Waals surface area contributed by atoms with Crippen molar-refractivity contribution in [2.24, 2.45) is 0 Å². The van der Waals surface area contributed by atoms with E-state index in [-0.39, 0.29) is 24.3 Å². The molecule has 0 aromatic heterocycles. The molecule has 2 aromatic rings. The van der Waals surface area contributed by atoms with Crippen LogP contribution in [0, 0.1) is 6.92 Å². The highest BCUT2D eigenvalue weighted by molar-refractivity contribution is 6.01. The number of carbonyl (C=O) groups is 2. The molecule has 1 aliphatic rings. The topological polar surface area (TPSA) is 58.6 Å². The number of anilines is 2. The molecular weight excluding hydrogens is 397 g/mol. The van der Waals surface area contributed by atoms with Gasteiger partial charge in [-0.1, -0.05) is 29.8 Å². The van der Waals surface area contributed by atoms with Gasteiger partial charge in [-0.25, -0.2) is 0 Å². The van der Waals surface area contributed by atoms with Crippen LogP contribution in [0.25, 0.3) is 0 Å². The number of carbonyl (C=O) groups excluding carboxylic acids is 2. The molecule has 0 radical (unpaired) electrons. The van der Waals surface area contributed by atoms with Gasteiger partial charge in [-0.2, -0.15) is 13.2 Å². The van der Waals surface area contributed by atoms with Crippen LogP contribution in [0.2, 0.25) is 0 Å². The van der Waals surface area contributed by atoms with E-state index in [1.165, 1.54) is 6.07 Å². The van der Waals surface area contributed by atoms with E-state index >= 15 is 0 Å². The number of alkyl halides is 3. The zero-order valence-corrected chi connectivity index (χ0v) is 16.6. The van der Waals surface area contributed by atoms with E-state index in [2.05, 4.69) is 5.32 Å². The van der Waals surface area contributed by atoms with Gasteiger partial charge < -0.3 is 15.0 Å². The summed E-state index contributed by atoms with van der Waals surface area (Å²) in [7, 11) is 0. The van der Waals surface area contributed by atoms with Gasteiger partial charge in [0.1, 0.15) is 0 Å². The minimum Gasteiger partial charge on any atom is -0.378 e. The van der Waals surface area contributed by atoms with Crippen molar-refractivity contribution in [2.45, 2.75) is 25.9 Å². The van der Waals surface area contributed by atoms with Gasteiger partial charge in [-0.15, -0.1) is 0 Å². The monoisotopic (exact) mass is 420 g/mol. The summed E-state index contributed by atoms with van der Waals surface area (Å²) in [5.41, 5.74) is 1.26. The maximum absolute atomic E-state index is 13.2. The first-order chi connectivity index (χ1) is 14.2. The summed E-state index contributed by atoms with van der Waals surface area (Å²) >= 11 is 0. The molecule has 1 saturated heterocycles. The van der Waals surface area contributed by atoms with Crippen LogP contribution in [0.1, 0.15) is 34.3 Å². The normalized spacial score (nSPS) is 14.5. The number of hydrogen-bond acceptors (Lipinski definition) is 4. The van der Waals surface area contributed by atoms with E-state index in [1.54, 1.807) is 12.1 Å². The van der Waals surface area contributed by atoms with Crippen LogP contribution in [-0.2, 0) is 15.7 Å². The third-order valence-corrected chi connectivity index (χ3v) is 4.90. The Morgan fingerprint density at radius 3 is 2.33 bits per heavy atom. The SMILES string of the molecule is Cc1ccc(C(=O)CCC(=O)Nc2cc(C(F)(F)F)ccc2N2CCOCC2)cc1. The van der Waals surface area contributed by atoms with Crippen molar-refractivity contribution in [3.63, 3.8) is 0 Å². The molecule has 0 aliphatic carbocycles. The Morgan fingerprint density at radius 2 is 1.70 bits per heavy atom. The number of nitrogens with zero attached hydrogens (tertiary/aromatic N) is 1. The molecule has 160 valence electrons. The first kappa shape index (κ1) is 21.8. The summed E-state index contributed by atoms with van der Waals surface area (Å²) in [6.07, 6.45) is -4.67. The molecule has 1 heterocycles. The fourth-order valence-corrected chi connectivity index (χ4v) is 3.22. The van der Waals surface area contributed by atoms with Gasteiger partial charge >= 0.3 is 6.18 Å². The van der Waals surface area contributed by atoms with Gasteiger partial charge in [0, 0.05) is 31.5 Å². The fourth-order valence-electron chi connectivity index (χ4n) is 3.22. The van der Waals surface area contributed by atoms with Gasteiger partial charge in [0.15, 0.2) is 5.78 Å². The molecule has 30 heavy (non-hydrogen) atoms. The Morgan fingerprint density at radius 1 is 1.03 bits per heavy atom. The fraction of sp³-hybridized carbons (Fsp3) is 0.364. The smallest absolute Gasteiger partial charge is 0.378 e. The maximum Gasteiger partial charge on any atom is 0.416 e. The lowest BCUT2D eigenvalue weighted by molar-refractivity contribution is -0.137. The number of Topliss-reactive ketones (excluding diaryl/α,β-unsaturated/α-hetero) is 1. The number of ketones is 1. The summed E-state index contributed by atoms with van der Waals surface area (Å²) in [5, 5.41) is 2.56. The van der Waals surface area contributed by atoms with Crippen LogP contribution in [-0.4, -0.2) is 38.0 Å². The predicted molar refractivity (Wildman–Crippen MR) is 108 cm³/mol. The number of benzene rings is 2. The molecule has 1 aliphatic heterocycles. The molecule has 0 atom stereocenters. The van der Waals surface area contributed by atoms with Crippen molar-refractivity contribution in [2.75, 3.05) is 36.5 Å². The van der Waals surface area contributed by atoms with Crippen LogP contribution < -0.4 is 10.2 Å². The summed E-state index contributed by atoms with van der Waals surface area (Å²) in [6, 6.07) is 10.3. The highest BCUT2D eigenvalue weighted by Gasteiger charge is 2.32. The molecule has 0 spiro atoms. The number of rotatable bonds is 6. The van der Waals surface area contributed by atoms with E-state index in [4.69, 9.17) is 4.74 Å². The van der Waals surface area contributed by atoms with Crippen molar-refractivity contribution < 1.29 is 27.5 Å². The highest BCUT2D eigenvalue weighted by Crippen LogP contribution is 2.35. The molecule has 1 amide bonds. The summed E-state index contributed by atoms with van der Waals surface area (Å²) in [5.74, 6) is -0.702. The van der Waals surface area contributed by atoms with Crippen LogP contribution >= 0.6 is 0 Å². The number of amides is 1. The minimum absolute atomic E-state index is 0.0270. The van der Waals surface area contributed by atoms with Crippen molar-refractivity contribution in [3.05, 3.63) is 59.2 Å². The summed E-state index contributed by atoms with van der Waals surface area (Å²) < 4.78 is 44.8. The Labute approximate surface area is 172 Å². The van der Waals surface area contributed by atoms with E-state index in [9.17, 15) is 22.8 Å². The molecule has 1 N–H and O–H groups in total. The van der Waals surface area contributed by atoms with E-state index < -0.39 is 17.6 Å². The number of aryl methyl sites for hydroxylation is 1. The number of nitrogens with one attached hydrogen (secondary N) is 1. The zero-order chi connectivity index (χ0) is 21.7. The molecule has 0 unspecified atom stereocenters. The largest absolute Gasteiger partial charge is 0.416 e. The molecule has 0 saturated carbocycles. The highest BCUT2D eigenvalue weighted by atomic mass is 19.4. The van der Waals surface area contributed by atoms with Crippen LogP contribution in [0.4, 0.5) is 24.5 Å². The van der Waals surface area contributed by atoms with E-state index in [0.717, 1.165) is 17.7 Å². The molecule has 0 bridgehead atoms. The first-order valence-electron chi connectivity index (χ1n) is 9.68. The molecular formula is C22H23F3N2O3. The van der Waals surface area contributed by atoms with Gasteiger partial charge in [-0.3, -0.25) is 9.59 Å². The van der Waals surface area contributed by atoms with Gasteiger partial charge in [0.2, 0.25) is 5.91 Å². The second-order valence-corrected chi connectivity index (χ2v) is 7.17. The van der Waals surface area contributed by atoms with E-state index in [1.807, 2.05) is 24.0 Å². The Balaban J connectivity index is 1.71. The second kappa shape index (κ2) is 9.30. The van der Waals surface area contributed by atoms with Crippen molar-refractivity contribution in [3.8, 4) is 0 Å². The predicted octanol–water partition coefficient (Wildman–Crippen LogP) is 4.45. The number of hydrogen-bond donors (Lipinski definition) is 1. The van der Waals surface area contributed by atoms with Gasteiger partial charge in [-0.05, 0) is 25.1 Å². The van der Waals surface area contributed by atoms with Crippen molar-refractivity contribution >= 4 is 23.1 Å². The van der Waals surface area contributed by atoms with Gasteiger partial charge in [0.05, 0.1) is 30.2 Å². The van der Waals surface area contributed by atoms with E-state index in [0.29, 0.717) is 37.6 Å². The molecule has 2 aromatic carbocycles. The minimum atomic E-state index is -4.52. The number of ether oxygens (including phenoxy) is 1. The third kappa shape index (κ3) is 5.60.